The van der Waals surface area contributed by atoms with E-state index in [9.17, 15) is 22.0 Å². The zero-order valence-corrected chi connectivity index (χ0v) is 19.4. The highest BCUT2D eigenvalue weighted by Crippen LogP contribution is 2.33. The highest BCUT2D eigenvalue weighted by Gasteiger charge is 2.29. The molecular formula is C22H22F2N4O3S2. The molecule has 0 bridgehead atoms. The van der Waals surface area contributed by atoms with Gasteiger partial charge in [-0.2, -0.15) is 4.31 Å². The number of nitrogens with zero attached hydrogens (tertiary/aromatic N) is 3. The van der Waals surface area contributed by atoms with Crippen LogP contribution in [0, 0.1) is 11.6 Å². The molecule has 0 radical (unpaired) electrons. The number of piperidine rings is 1. The number of anilines is 1. The van der Waals surface area contributed by atoms with Crippen LogP contribution in [0.3, 0.4) is 0 Å². The number of amides is 1. The molecule has 33 heavy (non-hydrogen) atoms. The van der Waals surface area contributed by atoms with Crippen molar-refractivity contribution >= 4 is 33.4 Å². The number of halogens is 2. The first-order chi connectivity index (χ1) is 15.8. The number of benzene rings is 2. The molecule has 1 fully saturated rings. The van der Waals surface area contributed by atoms with Gasteiger partial charge in [-0.1, -0.05) is 6.42 Å². The molecule has 1 amide bonds. The summed E-state index contributed by atoms with van der Waals surface area (Å²) in [6, 6.07) is 7.13. The minimum atomic E-state index is -4.07. The smallest absolute Gasteiger partial charge is 0.255 e. The number of imidazole rings is 1. The van der Waals surface area contributed by atoms with E-state index in [0.717, 1.165) is 24.6 Å². The summed E-state index contributed by atoms with van der Waals surface area (Å²) >= 11 is 1.23. The predicted molar refractivity (Wildman–Crippen MR) is 121 cm³/mol. The van der Waals surface area contributed by atoms with Crippen LogP contribution >= 0.6 is 11.8 Å². The number of nitrogens with one attached hydrogen (secondary N) is 1. The second-order valence-electron chi connectivity index (χ2n) is 7.63. The van der Waals surface area contributed by atoms with Gasteiger partial charge in [0.25, 0.3) is 5.91 Å². The number of carbonyl (C=O) groups is 1. The van der Waals surface area contributed by atoms with Crippen LogP contribution in [0.25, 0.3) is 0 Å². The lowest BCUT2D eigenvalue weighted by Gasteiger charge is -2.26. The van der Waals surface area contributed by atoms with Gasteiger partial charge >= 0.3 is 0 Å². The second-order valence-corrected chi connectivity index (χ2v) is 10.5. The minimum Gasteiger partial charge on any atom is -0.329 e. The van der Waals surface area contributed by atoms with Crippen LogP contribution in [-0.2, 0) is 17.1 Å². The van der Waals surface area contributed by atoms with Crippen LogP contribution in [0.1, 0.15) is 29.6 Å². The third kappa shape index (κ3) is 5.10. The van der Waals surface area contributed by atoms with E-state index in [0.29, 0.717) is 36.0 Å². The summed E-state index contributed by atoms with van der Waals surface area (Å²) < 4.78 is 57.3. The van der Waals surface area contributed by atoms with Gasteiger partial charge in [0.1, 0.15) is 16.5 Å². The van der Waals surface area contributed by atoms with E-state index in [1.165, 1.54) is 34.3 Å². The van der Waals surface area contributed by atoms with E-state index in [-0.39, 0.29) is 11.3 Å². The molecular weight excluding hydrogens is 470 g/mol. The van der Waals surface area contributed by atoms with Gasteiger partial charge in [-0.15, -0.1) is 0 Å². The van der Waals surface area contributed by atoms with Gasteiger partial charge in [-0.05, 0) is 61.0 Å². The minimum absolute atomic E-state index is 0.0517. The summed E-state index contributed by atoms with van der Waals surface area (Å²) in [4.78, 5) is 17.1. The van der Waals surface area contributed by atoms with E-state index >= 15 is 0 Å². The number of rotatable bonds is 6. The SMILES string of the molecule is Cn1ccnc1Sc1ccc(F)cc1NC(=O)c1ccc(F)c(S(=O)(=O)N2CCCCC2)c1. The average molecular weight is 493 g/mol. The Morgan fingerprint density at radius 1 is 1.09 bits per heavy atom. The van der Waals surface area contributed by atoms with E-state index in [2.05, 4.69) is 10.3 Å². The number of sulfonamides is 1. The quantitative estimate of drug-likeness (QED) is 0.555. The van der Waals surface area contributed by atoms with E-state index in [4.69, 9.17) is 0 Å². The Morgan fingerprint density at radius 3 is 2.55 bits per heavy atom. The molecule has 0 saturated carbocycles. The summed E-state index contributed by atoms with van der Waals surface area (Å²) in [5.74, 6) is -2.16. The summed E-state index contributed by atoms with van der Waals surface area (Å²) in [5.41, 5.74) is 0.141. The largest absolute Gasteiger partial charge is 0.329 e. The fourth-order valence-electron chi connectivity index (χ4n) is 3.52. The number of hydrogen-bond acceptors (Lipinski definition) is 5. The average Bonchev–Trinajstić information content (AvgIpc) is 3.20. The Kier molecular flexibility index (Phi) is 6.82. The van der Waals surface area contributed by atoms with Crippen molar-refractivity contribution in [3.05, 3.63) is 66.0 Å². The van der Waals surface area contributed by atoms with Crippen LogP contribution in [0.2, 0.25) is 0 Å². The Hall–Kier alpha value is -2.76. The molecule has 4 rings (SSSR count). The normalized spacial score (nSPS) is 14.9. The second kappa shape index (κ2) is 9.62. The van der Waals surface area contributed by atoms with Crippen molar-refractivity contribution in [3.63, 3.8) is 0 Å². The van der Waals surface area contributed by atoms with Gasteiger partial charge in [0.15, 0.2) is 5.16 Å². The zero-order chi connectivity index (χ0) is 23.6. The topological polar surface area (TPSA) is 84.3 Å². The van der Waals surface area contributed by atoms with Crippen molar-refractivity contribution in [2.75, 3.05) is 18.4 Å². The molecule has 2 heterocycles. The van der Waals surface area contributed by atoms with Crippen molar-refractivity contribution < 1.29 is 22.0 Å². The highest BCUT2D eigenvalue weighted by molar-refractivity contribution is 7.99. The first-order valence-corrected chi connectivity index (χ1v) is 12.6. The maximum absolute atomic E-state index is 14.5. The summed E-state index contributed by atoms with van der Waals surface area (Å²) in [5, 5.41) is 3.24. The Balaban J connectivity index is 1.61. The molecule has 3 aromatic rings. The number of aromatic nitrogens is 2. The lowest BCUT2D eigenvalue weighted by Crippen LogP contribution is -2.36. The molecule has 11 heteroatoms. The van der Waals surface area contributed by atoms with Crippen LogP contribution in [0.4, 0.5) is 14.5 Å². The van der Waals surface area contributed by atoms with Gasteiger partial charge in [0.2, 0.25) is 10.0 Å². The zero-order valence-electron chi connectivity index (χ0n) is 17.8. The molecule has 0 atom stereocenters. The molecule has 7 nitrogen and oxygen atoms in total. The number of hydrogen-bond donors (Lipinski definition) is 1. The van der Waals surface area contributed by atoms with Crippen LogP contribution < -0.4 is 5.32 Å². The summed E-state index contributed by atoms with van der Waals surface area (Å²) in [6.45, 7) is 0.629. The van der Waals surface area contributed by atoms with Gasteiger partial charge in [0.05, 0.1) is 5.69 Å². The Morgan fingerprint density at radius 2 is 1.85 bits per heavy atom. The predicted octanol–water partition coefficient (Wildman–Crippen LogP) is 4.28. The van der Waals surface area contributed by atoms with Gasteiger partial charge < -0.3 is 9.88 Å². The third-order valence-electron chi connectivity index (χ3n) is 5.29. The summed E-state index contributed by atoms with van der Waals surface area (Å²) in [7, 11) is -2.27. The fourth-order valence-corrected chi connectivity index (χ4v) is 6.00. The van der Waals surface area contributed by atoms with Gasteiger partial charge in [-0.25, -0.2) is 22.2 Å². The van der Waals surface area contributed by atoms with Gasteiger partial charge in [-0.3, -0.25) is 4.79 Å². The lowest BCUT2D eigenvalue weighted by atomic mass is 10.2. The molecule has 174 valence electrons. The van der Waals surface area contributed by atoms with E-state index < -0.39 is 32.5 Å². The number of carbonyl (C=O) groups excluding carboxylic acids is 1. The van der Waals surface area contributed by atoms with Crippen LogP contribution in [-0.4, -0.2) is 41.3 Å². The van der Waals surface area contributed by atoms with Crippen molar-refractivity contribution in [1.29, 1.82) is 0 Å². The maximum atomic E-state index is 14.5. The molecule has 0 spiro atoms. The standard InChI is InChI=1S/C22H22F2N4O3S2/c1-27-12-9-25-22(27)32-19-8-6-16(23)14-18(19)26-21(29)15-5-7-17(24)20(13-15)33(30,31)28-10-3-2-4-11-28/h5-9,12-14H,2-4,10-11H2,1H3,(H,26,29). The van der Waals surface area contributed by atoms with E-state index in [1.807, 2.05) is 0 Å². The Bertz CT molecular complexity index is 1290. The molecule has 2 aromatic carbocycles. The molecule has 1 aromatic heterocycles. The maximum Gasteiger partial charge on any atom is 0.255 e. The first kappa shape index (κ1) is 23.4. The van der Waals surface area contributed by atoms with Crippen molar-refractivity contribution in [2.24, 2.45) is 7.05 Å². The Labute approximate surface area is 194 Å². The first-order valence-electron chi connectivity index (χ1n) is 10.3. The third-order valence-corrected chi connectivity index (χ3v) is 8.36. The van der Waals surface area contributed by atoms with Crippen molar-refractivity contribution in [2.45, 2.75) is 34.2 Å². The molecule has 1 N–H and O–H groups in total. The van der Waals surface area contributed by atoms with Crippen LogP contribution in [0.15, 0.2) is 63.7 Å². The van der Waals surface area contributed by atoms with E-state index in [1.54, 1.807) is 24.0 Å². The lowest BCUT2D eigenvalue weighted by molar-refractivity contribution is 0.102. The molecule has 1 aliphatic heterocycles. The van der Waals surface area contributed by atoms with Gasteiger partial charge in [0, 0.05) is 43.0 Å². The van der Waals surface area contributed by atoms with Crippen LogP contribution in [0.5, 0.6) is 0 Å². The molecule has 0 unspecified atom stereocenters. The van der Waals surface area contributed by atoms with Crippen molar-refractivity contribution in [3.8, 4) is 0 Å². The number of aryl methyl sites for hydroxylation is 1. The highest BCUT2D eigenvalue weighted by atomic mass is 32.2. The molecule has 1 aliphatic rings. The van der Waals surface area contributed by atoms with Crippen molar-refractivity contribution in [1.82, 2.24) is 13.9 Å². The summed E-state index contributed by atoms with van der Waals surface area (Å²) in [6.07, 6.45) is 5.71. The molecule has 1 saturated heterocycles. The fraction of sp³-hybridized carbons (Fsp3) is 0.273. The molecule has 0 aliphatic carbocycles. The monoisotopic (exact) mass is 492 g/mol.